The molecule has 1 aromatic carbocycles. The number of phenols is 1. The van der Waals surface area contributed by atoms with E-state index in [4.69, 9.17) is 5.73 Å². The number of aromatic nitrogens is 4. The van der Waals surface area contributed by atoms with E-state index in [-0.39, 0.29) is 5.75 Å². The Morgan fingerprint density at radius 1 is 1.00 bits per heavy atom. The summed E-state index contributed by atoms with van der Waals surface area (Å²) in [6.45, 7) is 1.70. The van der Waals surface area contributed by atoms with E-state index >= 15 is 0 Å². The van der Waals surface area contributed by atoms with Gasteiger partial charge in [0.1, 0.15) is 12.1 Å². The lowest BCUT2D eigenvalue weighted by Gasteiger charge is -2.43. The van der Waals surface area contributed by atoms with Gasteiger partial charge in [0.05, 0.1) is 29.5 Å². The van der Waals surface area contributed by atoms with E-state index < -0.39 is 0 Å². The molecular weight excluding hydrogens is 354 g/mol. The van der Waals surface area contributed by atoms with E-state index in [1.807, 2.05) is 30.6 Å². The van der Waals surface area contributed by atoms with Gasteiger partial charge >= 0.3 is 0 Å². The minimum atomic E-state index is 0.182. The number of rotatable bonds is 3. The molecular formula is C20H21N7O. The number of para-hydroxylation sites is 1. The predicted octanol–water partition coefficient (Wildman–Crippen LogP) is 2.08. The Hall–Kier alpha value is -3.42. The number of hydrogen-bond acceptors (Lipinski definition) is 8. The van der Waals surface area contributed by atoms with Crippen LogP contribution in [0.4, 0.5) is 17.2 Å². The van der Waals surface area contributed by atoms with E-state index in [2.05, 4.69) is 30.0 Å². The van der Waals surface area contributed by atoms with Gasteiger partial charge in [0.25, 0.3) is 0 Å². The summed E-state index contributed by atoms with van der Waals surface area (Å²) >= 11 is 0. The SMILES string of the molecule is Nc1nnc(-c2ccccc2O)cc1N1CC2CCC(C1)N2c1cncnc1. The lowest BCUT2D eigenvalue weighted by atomic mass is 10.1. The van der Waals surface area contributed by atoms with E-state index in [1.165, 1.54) is 0 Å². The molecule has 2 saturated heterocycles. The number of hydrogen-bond donors (Lipinski definition) is 2. The highest BCUT2D eigenvalue weighted by atomic mass is 16.3. The lowest BCUT2D eigenvalue weighted by molar-refractivity contribution is 0.477. The van der Waals surface area contributed by atoms with Gasteiger partial charge in [-0.25, -0.2) is 9.97 Å². The largest absolute Gasteiger partial charge is 0.507 e. The zero-order chi connectivity index (χ0) is 19.1. The Balaban J connectivity index is 1.45. The number of nitrogens with two attached hydrogens (primary N) is 1. The van der Waals surface area contributed by atoms with Crippen molar-refractivity contribution in [1.82, 2.24) is 20.2 Å². The van der Waals surface area contributed by atoms with Gasteiger partial charge in [-0.2, -0.15) is 0 Å². The van der Waals surface area contributed by atoms with Crippen molar-refractivity contribution in [3.8, 4) is 17.0 Å². The monoisotopic (exact) mass is 375 g/mol. The zero-order valence-electron chi connectivity index (χ0n) is 15.3. The second-order valence-electron chi connectivity index (χ2n) is 7.31. The molecule has 28 heavy (non-hydrogen) atoms. The normalized spacial score (nSPS) is 21.1. The molecule has 142 valence electrons. The minimum Gasteiger partial charge on any atom is -0.507 e. The molecule has 4 heterocycles. The average molecular weight is 375 g/mol. The maximum Gasteiger partial charge on any atom is 0.169 e. The molecule has 8 heteroatoms. The Labute approximate surface area is 162 Å². The van der Waals surface area contributed by atoms with Gasteiger partial charge < -0.3 is 20.6 Å². The van der Waals surface area contributed by atoms with E-state index in [0.29, 0.717) is 29.2 Å². The Kier molecular flexibility index (Phi) is 3.96. The number of nitrogen functional groups attached to an aromatic ring is 1. The number of nitrogens with zero attached hydrogens (tertiary/aromatic N) is 6. The van der Waals surface area contributed by atoms with Crippen LogP contribution < -0.4 is 15.5 Å². The van der Waals surface area contributed by atoms with Gasteiger partial charge in [-0.15, -0.1) is 10.2 Å². The van der Waals surface area contributed by atoms with Gasteiger partial charge in [-0.05, 0) is 31.0 Å². The zero-order valence-corrected chi connectivity index (χ0v) is 15.3. The van der Waals surface area contributed by atoms with Crippen LogP contribution in [0.1, 0.15) is 12.8 Å². The topological polar surface area (TPSA) is 104 Å². The number of anilines is 3. The van der Waals surface area contributed by atoms with Crippen molar-refractivity contribution in [3.05, 3.63) is 49.1 Å². The van der Waals surface area contributed by atoms with Crippen LogP contribution in [0.5, 0.6) is 5.75 Å². The second-order valence-corrected chi connectivity index (χ2v) is 7.31. The van der Waals surface area contributed by atoms with Crippen LogP contribution in [0.3, 0.4) is 0 Å². The molecule has 2 aliphatic heterocycles. The summed E-state index contributed by atoms with van der Waals surface area (Å²) < 4.78 is 0. The van der Waals surface area contributed by atoms with Crippen molar-refractivity contribution in [2.45, 2.75) is 24.9 Å². The third-order valence-corrected chi connectivity index (χ3v) is 5.65. The Morgan fingerprint density at radius 3 is 2.43 bits per heavy atom. The number of piperazine rings is 1. The lowest BCUT2D eigenvalue weighted by Crippen LogP contribution is -2.54. The molecule has 0 aliphatic carbocycles. The highest BCUT2D eigenvalue weighted by Crippen LogP contribution is 2.38. The molecule has 5 rings (SSSR count). The average Bonchev–Trinajstić information content (AvgIpc) is 2.99. The highest BCUT2D eigenvalue weighted by Gasteiger charge is 2.40. The summed E-state index contributed by atoms with van der Waals surface area (Å²) in [5.74, 6) is 0.594. The summed E-state index contributed by atoms with van der Waals surface area (Å²) in [4.78, 5) is 13.1. The van der Waals surface area contributed by atoms with Crippen molar-refractivity contribution >= 4 is 17.2 Å². The fourth-order valence-electron chi connectivity index (χ4n) is 4.41. The van der Waals surface area contributed by atoms with Crippen LogP contribution in [-0.4, -0.2) is 50.4 Å². The molecule has 0 amide bonds. The second kappa shape index (κ2) is 6.63. The van der Waals surface area contributed by atoms with Crippen LogP contribution in [-0.2, 0) is 0 Å². The summed E-state index contributed by atoms with van der Waals surface area (Å²) in [5, 5.41) is 18.5. The molecule has 0 spiro atoms. The Bertz CT molecular complexity index is 983. The van der Waals surface area contributed by atoms with Crippen LogP contribution >= 0.6 is 0 Å². The summed E-state index contributed by atoms with van der Waals surface area (Å²) in [7, 11) is 0. The number of aromatic hydroxyl groups is 1. The summed E-state index contributed by atoms with van der Waals surface area (Å²) in [5.41, 5.74) is 9.40. The van der Waals surface area contributed by atoms with Crippen molar-refractivity contribution in [2.75, 3.05) is 28.6 Å². The van der Waals surface area contributed by atoms with E-state index in [1.54, 1.807) is 18.5 Å². The fourth-order valence-corrected chi connectivity index (χ4v) is 4.41. The first-order chi connectivity index (χ1) is 13.7. The van der Waals surface area contributed by atoms with Gasteiger partial charge in [-0.3, -0.25) is 0 Å². The van der Waals surface area contributed by atoms with Gasteiger partial charge in [0.15, 0.2) is 5.82 Å². The fraction of sp³-hybridized carbons (Fsp3) is 0.300. The predicted molar refractivity (Wildman–Crippen MR) is 107 cm³/mol. The summed E-state index contributed by atoms with van der Waals surface area (Å²) in [6, 6.07) is 9.82. The van der Waals surface area contributed by atoms with Crippen molar-refractivity contribution in [3.63, 3.8) is 0 Å². The molecule has 2 atom stereocenters. The molecule has 0 saturated carbocycles. The van der Waals surface area contributed by atoms with Crippen LogP contribution in [0.2, 0.25) is 0 Å². The molecule has 3 N–H and O–H groups in total. The maximum atomic E-state index is 10.2. The molecule has 2 fully saturated rings. The molecule has 2 unspecified atom stereocenters. The quantitative estimate of drug-likeness (QED) is 0.717. The maximum absolute atomic E-state index is 10.2. The van der Waals surface area contributed by atoms with Gasteiger partial charge in [0, 0.05) is 30.7 Å². The van der Waals surface area contributed by atoms with Crippen molar-refractivity contribution in [1.29, 1.82) is 0 Å². The van der Waals surface area contributed by atoms with Crippen LogP contribution in [0.25, 0.3) is 11.3 Å². The van der Waals surface area contributed by atoms with Crippen LogP contribution in [0, 0.1) is 0 Å². The first kappa shape index (κ1) is 16.7. The smallest absolute Gasteiger partial charge is 0.169 e. The van der Waals surface area contributed by atoms with Gasteiger partial charge in [-0.1, -0.05) is 12.1 Å². The number of benzene rings is 1. The van der Waals surface area contributed by atoms with Crippen molar-refractivity contribution in [2.24, 2.45) is 0 Å². The third kappa shape index (κ3) is 2.77. The van der Waals surface area contributed by atoms with Crippen molar-refractivity contribution < 1.29 is 5.11 Å². The Morgan fingerprint density at radius 2 is 1.71 bits per heavy atom. The molecule has 8 nitrogen and oxygen atoms in total. The summed E-state index contributed by atoms with van der Waals surface area (Å²) in [6.07, 6.45) is 7.58. The first-order valence-electron chi connectivity index (χ1n) is 9.40. The van der Waals surface area contributed by atoms with E-state index in [0.717, 1.165) is 37.3 Å². The minimum absolute atomic E-state index is 0.182. The number of phenolic OH excluding ortho intramolecular Hbond substituents is 1. The molecule has 2 aliphatic rings. The van der Waals surface area contributed by atoms with Gasteiger partial charge in [0.2, 0.25) is 0 Å². The molecule has 0 radical (unpaired) electrons. The highest BCUT2D eigenvalue weighted by molar-refractivity contribution is 5.74. The third-order valence-electron chi connectivity index (χ3n) is 5.65. The molecule has 2 aromatic heterocycles. The molecule has 2 bridgehead atoms. The van der Waals surface area contributed by atoms with E-state index in [9.17, 15) is 5.11 Å². The first-order valence-corrected chi connectivity index (χ1v) is 9.40. The standard InChI is InChI=1S/C20H21N7O/c21-20-18(7-17(24-25-20)16-3-1-2-4-19(16)28)26-10-13-5-6-14(11-26)27(13)15-8-22-12-23-9-15/h1-4,7-9,12-14,28H,5-6,10-11H2,(H2,21,25). The number of fused-ring (bicyclic) bond motifs is 2. The van der Waals surface area contributed by atoms with Crippen LogP contribution in [0.15, 0.2) is 49.1 Å². The molecule has 3 aromatic rings.